The van der Waals surface area contributed by atoms with E-state index < -0.39 is 16.1 Å². The highest BCUT2D eigenvalue weighted by Gasteiger charge is 2.38. The molecule has 7 heteroatoms. The summed E-state index contributed by atoms with van der Waals surface area (Å²) >= 11 is 0. The van der Waals surface area contributed by atoms with E-state index in [2.05, 4.69) is 0 Å². The van der Waals surface area contributed by atoms with Gasteiger partial charge in [-0.3, -0.25) is 0 Å². The van der Waals surface area contributed by atoms with E-state index in [1.54, 1.807) is 18.2 Å². The summed E-state index contributed by atoms with van der Waals surface area (Å²) in [5.74, 6) is 0. The zero-order valence-corrected chi connectivity index (χ0v) is 15.8. The molecule has 1 aliphatic heterocycles. The fourth-order valence-corrected chi connectivity index (χ4v) is 4.03. The quantitative estimate of drug-likeness (QED) is 0.682. The standard InChI is InChI=1S/C20H21NO5S/c1-16-7-9-19(10-8-16)27(23,24)21-18(15-26-20(21)22)12-14-25-13-11-17-5-3-2-4-6-17/h2-10,12H,11,13-15H2,1H3/b18-12+. The van der Waals surface area contributed by atoms with Gasteiger partial charge in [0.15, 0.2) is 0 Å². The van der Waals surface area contributed by atoms with Crippen molar-refractivity contribution in [2.24, 2.45) is 0 Å². The van der Waals surface area contributed by atoms with Gasteiger partial charge in [-0.25, -0.2) is 13.2 Å². The van der Waals surface area contributed by atoms with Crippen LogP contribution < -0.4 is 0 Å². The van der Waals surface area contributed by atoms with E-state index in [1.807, 2.05) is 37.3 Å². The van der Waals surface area contributed by atoms with E-state index in [9.17, 15) is 13.2 Å². The molecule has 0 radical (unpaired) electrons. The van der Waals surface area contributed by atoms with Gasteiger partial charge in [-0.15, -0.1) is 0 Å². The number of hydrogen-bond donors (Lipinski definition) is 0. The molecule has 1 amide bonds. The second kappa shape index (κ2) is 8.37. The van der Waals surface area contributed by atoms with Crippen molar-refractivity contribution in [3.05, 3.63) is 77.5 Å². The van der Waals surface area contributed by atoms with Crippen molar-refractivity contribution in [3.63, 3.8) is 0 Å². The maximum absolute atomic E-state index is 12.8. The molecule has 0 aromatic heterocycles. The second-order valence-electron chi connectivity index (χ2n) is 6.14. The highest BCUT2D eigenvalue weighted by Crippen LogP contribution is 2.26. The van der Waals surface area contributed by atoms with Gasteiger partial charge in [0.05, 0.1) is 23.8 Å². The molecule has 6 nitrogen and oxygen atoms in total. The predicted molar refractivity (Wildman–Crippen MR) is 101 cm³/mol. The predicted octanol–water partition coefficient (Wildman–Crippen LogP) is 3.28. The number of benzene rings is 2. The largest absolute Gasteiger partial charge is 0.442 e. The number of hydrogen-bond acceptors (Lipinski definition) is 5. The van der Waals surface area contributed by atoms with Crippen LogP contribution in [0.5, 0.6) is 0 Å². The Bertz CT molecular complexity index is 921. The Morgan fingerprint density at radius 1 is 1.11 bits per heavy atom. The molecule has 142 valence electrons. The third kappa shape index (κ3) is 4.56. The summed E-state index contributed by atoms with van der Waals surface area (Å²) in [6, 6.07) is 16.2. The maximum Gasteiger partial charge on any atom is 0.428 e. The van der Waals surface area contributed by atoms with E-state index in [0.717, 1.165) is 17.5 Å². The van der Waals surface area contributed by atoms with Crippen molar-refractivity contribution in [2.45, 2.75) is 18.2 Å². The normalized spacial score (nSPS) is 16.0. The van der Waals surface area contributed by atoms with Crippen LogP contribution in [0.1, 0.15) is 11.1 Å². The van der Waals surface area contributed by atoms with Gasteiger partial charge in [-0.2, -0.15) is 4.31 Å². The van der Waals surface area contributed by atoms with Gasteiger partial charge in [0.25, 0.3) is 10.0 Å². The van der Waals surface area contributed by atoms with E-state index in [4.69, 9.17) is 9.47 Å². The molecule has 0 aliphatic carbocycles. The van der Waals surface area contributed by atoms with Gasteiger partial charge in [0.2, 0.25) is 0 Å². The second-order valence-corrected chi connectivity index (χ2v) is 7.93. The molecule has 2 aromatic rings. The zero-order valence-electron chi connectivity index (χ0n) is 15.0. The smallest absolute Gasteiger partial charge is 0.428 e. The average molecular weight is 387 g/mol. The Labute approximate surface area is 159 Å². The van der Waals surface area contributed by atoms with Gasteiger partial charge in [-0.1, -0.05) is 48.0 Å². The minimum absolute atomic E-state index is 0.0443. The van der Waals surface area contributed by atoms with Crippen molar-refractivity contribution in [2.75, 3.05) is 19.8 Å². The maximum atomic E-state index is 12.8. The first kappa shape index (κ1) is 19.1. The van der Waals surface area contributed by atoms with Crippen LogP contribution in [0.2, 0.25) is 0 Å². The summed E-state index contributed by atoms with van der Waals surface area (Å²) in [6.45, 7) is 2.45. The van der Waals surface area contributed by atoms with Crippen LogP contribution in [0.25, 0.3) is 0 Å². The molecule has 3 rings (SSSR count). The lowest BCUT2D eigenvalue weighted by molar-refractivity contribution is 0.164. The number of carbonyl (C=O) groups excluding carboxylic acids is 1. The molecule has 0 spiro atoms. The van der Waals surface area contributed by atoms with Crippen molar-refractivity contribution in [3.8, 4) is 0 Å². The first-order chi connectivity index (χ1) is 13.0. The fourth-order valence-electron chi connectivity index (χ4n) is 2.65. The number of nitrogens with zero attached hydrogens (tertiary/aromatic N) is 1. The van der Waals surface area contributed by atoms with Crippen molar-refractivity contribution in [1.82, 2.24) is 4.31 Å². The van der Waals surface area contributed by atoms with Gasteiger partial charge >= 0.3 is 6.09 Å². The Morgan fingerprint density at radius 3 is 2.52 bits per heavy atom. The molecule has 0 saturated carbocycles. The lowest BCUT2D eigenvalue weighted by Gasteiger charge is -2.15. The highest BCUT2D eigenvalue weighted by molar-refractivity contribution is 7.89. The third-order valence-electron chi connectivity index (χ3n) is 4.14. The van der Waals surface area contributed by atoms with E-state index in [-0.39, 0.29) is 23.8 Å². The topological polar surface area (TPSA) is 72.9 Å². The summed E-state index contributed by atoms with van der Waals surface area (Å²) in [4.78, 5) is 12.0. The summed E-state index contributed by atoms with van der Waals surface area (Å²) < 4.78 is 36.7. The van der Waals surface area contributed by atoms with Crippen LogP contribution in [0.15, 0.2) is 71.3 Å². The van der Waals surface area contributed by atoms with E-state index >= 15 is 0 Å². The summed E-state index contributed by atoms with van der Waals surface area (Å²) in [6.07, 6.45) is 1.43. The first-order valence-electron chi connectivity index (χ1n) is 8.58. The number of rotatable bonds is 7. The monoisotopic (exact) mass is 387 g/mol. The van der Waals surface area contributed by atoms with Gasteiger partial charge in [-0.05, 0) is 37.1 Å². The van der Waals surface area contributed by atoms with Gasteiger partial charge in [0, 0.05) is 0 Å². The van der Waals surface area contributed by atoms with E-state index in [1.165, 1.54) is 12.1 Å². The fraction of sp³-hybridized carbons (Fsp3) is 0.250. The number of cyclic esters (lactones) is 1. The molecule has 1 saturated heterocycles. The molecular formula is C20H21NO5S. The SMILES string of the molecule is Cc1ccc(S(=O)(=O)N2C(=O)OC/C2=C\COCCc2ccccc2)cc1. The highest BCUT2D eigenvalue weighted by atomic mass is 32.2. The van der Waals surface area contributed by atoms with Crippen molar-refractivity contribution < 1.29 is 22.7 Å². The molecule has 0 bridgehead atoms. The number of ether oxygens (including phenoxy) is 2. The molecule has 0 N–H and O–H groups in total. The molecule has 1 aliphatic rings. The lowest BCUT2D eigenvalue weighted by Crippen LogP contribution is -2.30. The Balaban J connectivity index is 1.65. The van der Waals surface area contributed by atoms with Crippen molar-refractivity contribution in [1.29, 1.82) is 0 Å². The van der Waals surface area contributed by atoms with Gasteiger partial charge in [0.1, 0.15) is 6.61 Å². The molecule has 27 heavy (non-hydrogen) atoms. The molecular weight excluding hydrogens is 366 g/mol. The Hall–Kier alpha value is -2.64. The van der Waals surface area contributed by atoms with Crippen molar-refractivity contribution >= 4 is 16.1 Å². The van der Waals surface area contributed by atoms with Crippen LogP contribution >= 0.6 is 0 Å². The minimum atomic E-state index is -4.00. The van der Waals surface area contributed by atoms with Crippen LogP contribution in [0.4, 0.5) is 4.79 Å². The van der Waals surface area contributed by atoms with Crippen LogP contribution in [0.3, 0.4) is 0 Å². The Morgan fingerprint density at radius 2 is 1.81 bits per heavy atom. The van der Waals surface area contributed by atoms with Crippen LogP contribution in [0, 0.1) is 6.92 Å². The van der Waals surface area contributed by atoms with E-state index in [0.29, 0.717) is 10.9 Å². The van der Waals surface area contributed by atoms with Crippen LogP contribution in [-0.2, 0) is 25.9 Å². The number of aryl methyl sites for hydroxylation is 1. The minimum Gasteiger partial charge on any atom is -0.442 e. The summed E-state index contributed by atoms with van der Waals surface area (Å²) in [5.41, 5.74) is 2.36. The zero-order chi connectivity index (χ0) is 19.3. The van der Waals surface area contributed by atoms with Crippen LogP contribution in [-0.4, -0.2) is 38.6 Å². The average Bonchev–Trinajstić information content (AvgIpc) is 3.04. The Kier molecular flexibility index (Phi) is 5.93. The first-order valence-corrected chi connectivity index (χ1v) is 10.0. The summed E-state index contributed by atoms with van der Waals surface area (Å²) in [5, 5.41) is 0. The summed E-state index contributed by atoms with van der Waals surface area (Å²) in [7, 11) is -4.00. The number of amides is 1. The third-order valence-corrected chi connectivity index (χ3v) is 5.88. The molecule has 0 atom stereocenters. The molecule has 2 aromatic carbocycles. The molecule has 1 fully saturated rings. The number of carbonyl (C=O) groups is 1. The van der Waals surface area contributed by atoms with Gasteiger partial charge < -0.3 is 9.47 Å². The lowest BCUT2D eigenvalue weighted by atomic mass is 10.2. The molecule has 0 unspecified atom stereocenters. The molecule has 1 heterocycles. The number of sulfonamides is 1.